The third-order valence-corrected chi connectivity index (χ3v) is 2.90. The summed E-state index contributed by atoms with van der Waals surface area (Å²) in [6.45, 7) is 0.677. The fourth-order valence-corrected chi connectivity index (χ4v) is 2.14. The Labute approximate surface area is 99.9 Å². The van der Waals surface area contributed by atoms with Gasteiger partial charge in [0.05, 0.1) is 18.9 Å². The summed E-state index contributed by atoms with van der Waals surface area (Å²) in [7, 11) is 0. The minimum Gasteiger partial charge on any atom is -0.501 e. The molecule has 1 aromatic rings. The minimum absolute atomic E-state index is 0. The highest BCUT2D eigenvalue weighted by Gasteiger charge is 2.30. The third kappa shape index (κ3) is 1.57. The van der Waals surface area contributed by atoms with E-state index < -0.39 is 0 Å². The van der Waals surface area contributed by atoms with E-state index in [-0.39, 0.29) is 24.4 Å². The molecule has 0 saturated heterocycles. The predicted molar refractivity (Wildman–Crippen MR) is 63.5 cm³/mol. The first-order chi connectivity index (χ1) is 7.36. The molecule has 84 valence electrons. The first-order valence-corrected chi connectivity index (χ1v) is 5.08. The molecule has 0 saturated carbocycles. The maximum absolute atomic E-state index is 11.8. The van der Waals surface area contributed by atoms with Crippen LogP contribution in [0.3, 0.4) is 0 Å². The third-order valence-electron chi connectivity index (χ3n) is 2.90. The van der Waals surface area contributed by atoms with Crippen molar-refractivity contribution >= 4 is 23.9 Å². The Hall–Kier alpha value is -1.48. The second kappa shape index (κ2) is 4.18. The van der Waals surface area contributed by atoms with E-state index in [9.17, 15) is 4.79 Å². The summed E-state index contributed by atoms with van der Waals surface area (Å²) in [6, 6.07) is 7.77. The Morgan fingerprint density at radius 1 is 1.25 bits per heavy atom. The molecular weight excluding hydrogens is 226 g/mol. The highest BCUT2D eigenvalue weighted by molar-refractivity contribution is 6.03. The van der Waals surface area contributed by atoms with Crippen LogP contribution in [0.1, 0.15) is 22.3 Å². The highest BCUT2D eigenvalue weighted by Crippen LogP contribution is 2.30. The zero-order chi connectivity index (χ0) is 10.3. The van der Waals surface area contributed by atoms with Crippen LogP contribution in [0, 0.1) is 0 Å². The lowest BCUT2D eigenvalue weighted by Gasteiger charge is -2.30. The number of hydrogen-bond acceptors (Lipinski definition) is 2. The van der Waals surface area contributed by atoms with Crippen molar-refractivity contribution in [2.45, 2.75) is 12.5 Å². The van der Waals surface area contributed by atoms with Crippen LogP contribution < -0.4 is 5.32 Å². The molecule has 2 aliphatic rings. The van der Waals surface area contributed by atoms with E-state index in [1.807, 2.05) is 24.3 Å². The van der Waals surface area contributed by atoms with Crippen LogP contribution in [0.2, 0.25) is 0 Å². The lowest BCUT2D eigenvalue weighted by molar-refractivity contribution is 0.0928. The second-order valence-electron chi connectivity index (χ2n) is 3.80. The number of hydrogen-bond donors (Lipinski definition) is 1. The number of fused-ring (bicyclic) bond motifs is 3. The number of rotatable bonds is 0. The van der Waals surface area contributed by atoms with E-state index in [0.29, 0.717) is 6.61 Å². The molecule has 0 bridgehead atoms. The molecule has 0 radical (unpaired) electrons. The molecule has 0 spiro atoms. The summed E-state index contributed by atoms with van der Waals surface area (Å²) in [4.78, 5) is 11.8. The summed E-state index contributed by atoms with van der Waals surface area (Å²) in [6.07, 6.45) is 2.62. The first-order valence-electron chi connectivity index (χ1n) is 5.08. The summed E-state index contributed by atoms with van der Waals surface area (Å²) in [5.41, 5.74) is 2.84. The molecule has 1 aromatic carbocycles. The molecule has 1 unspecified atom stereocenters. The number of benzene rings is 1. The van der Waals surface area contributed by atoms with Gasteiger partial charge in [0.2, 0.25) is 0 Å². The van der Waals surface area contributed by atoms with Crippen molar-refractivity contribution in [2.75, 3.05) is 6.61 Å². The number of amides is 1. The van der Waals surface area contributed by atoms with Crippen LogP contribution in [0.25, 0.3) is 5.57 Å². The fourth-order valence-electron chi connectivity index (χ4n) is 2.14. The summed E-state index contributed by atoms with van der Waals surface area (Å²) >= 11 is 0. The molecule has 0 fully saturated rings. The Kier molecular flexibility index (Phi) is 2.88. The number of carbonyl (C=O) groups excluding carboxylic acids is 1. The monoisotopic (exact) mass is 237 g/mol. The smallest absolute Gasteiger partial charge is 0.252 e. The van der Waals surface area contributed by atoms with Gasteiger partial charge in [-0.1, -0.05) is 18.2 Å². The van der Waals surface area contributed by atoms with Crippen molar-refractivity contribution in [3.63, 3.8) is 0 Å². The Morgan fingerprint density at radius 2 is 2.00 bits per heavy atom. The molecule has 2 heterocycles. The minimum atomic E-state index is 0. The van der Waals surface area contributed by atoms with Crippen LogP contribution in [-0.4, -0.2) is 18.6 Å². The Morgan fingerprint density at radius 3 is 2.81 bits per heavy atom. The van der Waals surface area contributed by atoms with Gasteiger partial charge in [-0.3, -0.25) is 4.79 Å². The van der Waals surface area contributed by atoms with E-state index in [1.165, 1.54) is 0 Å². The molecule has 3 nitrogen and oxygen atoms in total. The standard InChI is InChI=1S/C12H11NO2.ClH/c14-12-9-4-2-1-3-8(9)10-7-15-6-5-11(10)13-12;/h1-4,7,11H,5-6H2,(H,13,14);1H. The van der Waals surface area contributed by atoms with Gasteiger partial charge in [-0.05, 0) is 11.6 Å². The summed E-state index contributed by atoms with van der Waals surface area (Å²) in [5.74, 6) is 0.0228. The topological polar surface area (TPSA) is 38.3 Å². The van der Waals surface area contributed by atoms with Gasteiger partial charge in [0.25, 0.3) is 5.91 Å². The largest absolute Gasteiger partial charge is 0.501 e. The van der Waals surface area contributed by atoms with E-state index in [4.69, 9.17) is 4.74 Å². The molecular formula is C12H12ClNO2. The van der Waals surface area contributed by atoms with E-state index in [1.54, 1.807) is 6.26 Å². The highest BCUT2D eigenvalue weighted by atomic mass is 35.5. The molecule has 0 aromatic heterocycles. The van der Waals surface area contributed by atoms with Crippen molar-refractivity contribution in [3.05, 3.63) is 41.7 Å². The van der Waals surface area contributed by atoms with Gasteiger partial charge >= 0.3 is 0 Å². The molecule has 1 amide bonds. The van der Waals surface area contributed by atoms with Crippen LogP contribution in [-0.2, 0) is 4.74 Å². The van der Waals surface area contributed by atoms with Gasteiger partial charge in [0.15, 0.2) is 0 Å². The number of ether oxygens (including phenoxy) is 1. The van der Waals surface area contributed by atoms with E-state index in [0.717, 1.165) is 23.1 Å². The lowest BCUT2D eigenvalue weighted by Crippen LogP contribution is -2.42. The lowest BCUT2D eigenvalue weighted by atomic mass is 9.88. The van der Waals surface area contributed by atoms with E-state index >= 15 is 0 Å². The normalized spacial score (nSPS) is 21.6. The average Bonchev–Trinajstić information content (AvgIpc) is 2.30. The van der Waals surface area contributed by atoms with Crippen molar-refractivity contribution in [1.82, 2.24) is 5.32 Å². The van der Waals surface area contributed by atoms with Crippen LogP contribution in [0.15, 0.2) is 30.5 Å². The van der Waals surface area contributed by atoms with Gasteiger partial charge < -0.3 is 10.1 Å². The molecule has 2 aliphatic heterocycles. The molecule has 1 atom stereocenters. The molecule has 0 aliphatic carbocycles. The molecule has 1 N–H and O–H groups in total. The zero-order valence-electron chi connectivity index (χ0n) is 8.60. The van der Waals surface area contributed by atoms with Crippen LogP contribution >= 0.6 is 12.4 Å². The second-order valence-corrected chi connectivity index (χ2v) is 3.80. The number of nitrogens with one attached hydrogen (secondary N) is 1. The fraction of sp³-hybridized carbons (Fsp3) is 0.250. The van der Waals surface area contributed by atoms with Crippen molar-refractivity contribution < 1.29 is 9.53 Å². The maximum atomic E-state index is 11.8. The number of carbonyl (C=O) groups is 1. The predicted octanol–water partition coefficient (Wildman–Crippen LogP) is 1.98. The average molecular weight is 238 g/mol. The molecule has 3 rings (SSSR count). The van der Waals surface area contributed by atoms with Crippen molar-refractivity contribution in [1.29, 1.82) is 0 Å². The maximum Gasteiger partial charge on any atom is 0.252 e. The number of halogens is 1. The Bertz CT molecular complexity index is 456. The van der Waals surface area contributed by atoms with Crippen LogP contribution in [0.4, 0.5) is 0 Å². The van der Waals surface area contributed by atoms with Crippen molar-refractivity contribution in [2.24, 2.45) is 0 Å². The van der Waals surface area contributed by atoms with Gasteiger partial charge in [-0.2, -0.15) is 0 Å². The summed E-state index contributed by atoms with van der Waals surface area (Å²) < 4.78 is 5.32. The molecule has 16 heavy (non-hydrogen) atoms. The zero-order valence-corrected chi connectivity index (χ0v) is 9.42. The van der Waals surface area contributed by atoms with Gasteiger partial charge in [-0.25, -0.2) is 0 Å². The van der Waals surface area contributed by atoms with Gasteiger partial charge in [0, 0.05) is 17.6 Å². The van der Waals surface area contributed by atoms with Crippen LogP contribution in [0.5, 0.6) is 0 Å². The van der Waals surface area contributed by atoms with E-state index in [2.05, 4.69) is 5.32 Å². The summed E-state index contributed by atoms with van der Waals surface area (Å²) in [5, 5.41) is 2.99. The first kappa shape index (κ1) is 11.0. The van der Waals surface area contributed by atoms with Crippen molar-refractivity contribution in [3.8, 4) is 0 Å². The quantitative estimate of drug-likeness (QED) is 0.749. The van der Waals surface area contributed by atoms with Gasteiger partial charge in [-0.15, -0.1) is 12.4 Å². The Balaban J connectivity index is 0.000000963. The SMILES string of the molecule is Cl.O=C1NC2CCOC=C2c2ccccc21. The molecule has 4 heteroatoms. The van der Waals surface area contributed by atoms with Gasteiger partial charge in [0.1, 0.15) is 0 Å².